The lowest BCUT2D eigenvalue weighted by Gasteiger charge is -2.19. The lowest BCUT2D eigenvalue weighted by Crippen LogP contribution is -2.27. The second kappa shape index (κ2) is 9.02. The van der Waals surface area contributed by atoms with E-state index in [2.05, 4.69) is 74.8 Å². The van der Waals surface area contributed by atoms with Gasteiger partial charge in [0.1, 0.15) is 5.39 Å². The maximum absolute atomic E-state index is 13.2. The fraction of sp³-hybridized carbons (Fsp3) is 0.357. The lowest BCUT2D eigenvalue weighted by atomic mass is 9.92. The van der Waals surface area contributed by atoms with Crippen LogP contribution in [-0.2, 0) is 24.8 Å². The fourth-order valence-corrected chi connectivity index (χ4v) is 4.73. The summed E-state index contributed by atoms with van der Waals surface area (Å²) in [6.07, 6.45) is 5.38. The van der Waals surface area contributed by atoms with Gasteiger partial charge in [0, 0.05) is 29.0 Å². The van der Waals surface area contributed by atoms with Crippen molar-refractivity contribution < 1.29 is 0 Å². The average molecular weight is 484 g/mol. The van der Waals surface area contributed by atoms with Crippen LogP contribution >= 0.6 is 0 Å². The lowest BCUT2D eigenvalue weighted by molar-refractivity contribution is 0.303. The highest BCUT2D eigenvalue weighted by Gasteiger charge is 2.24. The Bertz CT molecular complexity index is 1510. The number of anilines is 2. The van der Waals surface area contributed by atoms with Crippen LogP contribution in [-0.4, -0.2) is 49.4 Å². The van der Waals surface area contributed by atoms with Gasteiger partial charge in [0.25, 0.3) is 5.56 Å². The molecule has 3 heterocycles. The van der Waals surface area contributed by atoms with E-state index in [0.717, 1.165) is 24.2 Å². The van der Waals surface area contributed by atoms with Crippen LogP contribution in [0.5, 0.6) is 0 Å². The number of aromatic nitrogens is 5. The highest BCUT2D eigenvalue weighted by atomic mass is 16.1. The number of allylic oxidation sites excluding steroid dienone is 1. The van der Waals surface area contributed by atoms with E-state index in [1.165, 1.54) is 11.1 Å². The molecule has 0 saturated heterocycles. The van der Waals surface area contributed by atoms with Crippen molar-refractivity contribution in [2.75, 3.05) is 19.4 Å². The Morgan fingerprint density at radius 3 is 2.64 bits per heavy atom. The Morgan fingerprint density at radius 1 is 1.14 bits per heavy atom. The number of nitrogens with one attached hydrogen (secondary N) is 1. The number of likely N-dealkylation sites (N-methyl/N-ethyl adjacent to an activating group) is 1. The first-order valence-electron chi connectivity index (χ1n) is 12.3. The summed E-state index contributed by atoms with van der Waals surface area (Å²) >= 11 is 0. The molecule has 8 nitrogen and oxygen atoms in total. The molecule has 1 aromatic carbocycles. The molecule has 1 aliphatic carbocycles. The molecular weight excluding hydrogens is 450 g/mol. The van der Waals surface area contributed by atoms with E-state index in [1.54, 1.807) is 21.6 Å². The molecular formula is C28H33N7O. The van der Waals surface area contributed by atoms with Gasteiger partial charge in [0.15, 0.2) is 11.5 Å². The molecule has 0 fully saturated rings. The minimum absolute atomic E-state index is 0.136. The standard InChI is InChI=1S/C28H33N7O/c1-7-13-34-26(36)22-17-29-27(30-20-12-11-18-15-21(33(5)6)16-19(18)14-20)32-25(22)35(34)24-10-8-9-23(31-24)28(2,3)4/h7-12,14,17,21H,1,13,15-16H2,2-6H3,(H,29,30,32). The summed E-state index contributed by atoms with van der Waals surface area (Å²) in [7, 11) is 4.26. The molecule has 4 aromatic rings. The van der Waals surface area contributed by atoms with Crippen molar-refractivity contribution in [3.05, 3.63) is 82.4 Å². The highest BCUT2D eigenvalue weighted by molar-refractivity contribution is 5.77. The van der Waals surface area contributed by atoms with Gasteiger partial charge in [-0.15, -0.1) is 6.58 Å². The molecule has 5 rings (SSSR count). The van der Waals surface area contributed by atoms with E-state index in [4.69, 9.17) is 9.97 Å². The third-order valence-electron chi connectivity index (χ3n) is 6.80. The Hall–Kier alpha value is -3.78. The molecule has 1 atom stereocenters. The van der Waals surface area contributed by atoms with Crippen LogP contribution in [0.1, 0.15) is 37.6 Å². The molecule has 0 amide bonds. The summed E-state index contributed by atoms with van der Waals surface area (Å²) in [6.45, 7) is 10.5. The van der Waals surface area contributed by atoms with Crippen molar-refractivity contribution >= 4 is 22.7 Å². The van der Waals surface area contributed by atoms with Gasteiger partial charge >= 0.3 is 0 Å². The van der Waals surface area contributed by atoms with Crippen LogP contribution in [0.15, 0.2) is 60.0 Å². The Labute approximate surface area is 211 Å². The number of pyridine rings is 1. The van der Waals surface area contributed by atoms with E-state index >= 15 is 0 Å². The number of fused-ring (bicyclic) bond motifs is 2. The zero-order chi connectivity index (χ0) is 25.6. The molecule has 0 aliphatic heterocycles. The van der Waals surface area contributed by atoms with E-state index in [1.807, 2.05) is 18.2 Å². The van der Waals surface area contributed by atoms with Gasteiger partial charge in [0.05, 0.1) is 6.54 Å². The molecule has 1 aliphatic rings. The molecule has 1 N–H and O–H groups in total. The van der Waals surface area contributed by atoms with E-state index in [0.29, 0.717) is 35.4 Å². The molecule has 3 aromatic heterocycles. The van der Waals surface area contributed by atoms with Gasteiger partial charge in [-0.05, 0) is 62.3 Å². The molecule has 0 spiro atoms. The molecule has 1 unspecified atom stereocenters. The number of hydrogen-bond acceptors (Lipinski definition) is 6. The zero-order valence-electron chi connectivity index (χ0n) is 21.6. The van der Waals surface area contributed by atoms with Crippen molar-refractivity contribution in [1.29, 1.82) is 0 Å². The third kappa shape index (κ3) is 4.33. The van der Waals surface area contributed by atoms with Crippen LogP contribution in [0.4, 0.5) is 11.6 Å². The maximum Gasteiger partial charge on any atom is 0.278 e. The second-order valence-electron chi connectivity index (χ2n) is 10.7. The van der Waals surface area contributed by atoms with E-state index in [9.17, 15) is 4.79 Å². The van der Waals surface area contributed by atoms with E-state index in [-0.39, 0.29) is 11.0 Å². The molecule has 8 heteroatoms. The Kier molecular flexibility index (Phi) is 6.00. The van der Waals surface area contributed by atoms with Crippen molar-refractivity contribution in [2.45, 2.75) is 51.6 Å². The predicted octanol–water partition coefficient (Wildman–Crippen LogP) is 4.23. The summed E-state index contributed by atoms with van der Waals surface area (Å²) in [5.41, 5.74) is 4.79. The first-order valence-corrected chi connectivity index (χ1v) is 12.3. The van der Waals surface area contributed by atoms with Gasteiger partial charge in [-0.1, -0.05) is 39.0 Å². The maximum atomic E-state index is 13.2. The first-order chi connectivity index (χ1) is 17.2. The summed E-state index contributed by atoms with van der Waals surface area (Å²) in [5, 5.41) is 3.78. The fourth-order valence-electron chi connectivity index (χ4n) is 4.73. The van der Waals surface area contributed by atoms with Crippen molar-refractivity contribution in [1.82, 2.24) is 29.2 Å². The summed E-state index contributed by atoms with van der Waals surface area (Å²) < 4.78 is 3.37. The smallest absolute Gasteiger partial charge is 0.278 e. The van der Waals surface area contributed by atoms with Gasteiger partial charge in [-0.2, -0.15) is 4.98 Å². The normalized spacial score (nSPS) is 15.4. The largest absolute Gasteiger partial charge is 0.324 e. The quantitative estimate of drug-likeness (QED) is 0.414. The minimum Gasteiger partial charge on any atom is -0.324 e. The molecule has 186 valence electrons. The van der Waals surface area contributed by atoms with Crippen molar-refractivity contribution in [3.63, 3.8) is 0 Å². The topological polar surface area (TPSA) is 80.9 Å². The van der Waals surface area contributed by atoms with Crippen LogP contribution < -0.4 is 10.9 Å². The Balaban J connectivity index is 1.57. The van der Waals surface area contributed by atoms with Gasteiger partial charge < -0.3 is 10.2 Å². The number of hydrogen-bond donors (Lipinski definition) is 1. The van der Waals surface area contributed by atoms with Crippen molar-refractivity contribution in [3.8, 4) is 5.82 Å². The van der Waals surface area contributed by atoms with Gasteiger partial charge in [-0.3, -0.25) is 4.79 Å². The molecule has 0 bridgehead atoms. The highest BCUT2D eigenvalue weighted by Crippen LogP contribution is 2.28. The zero-order valence-corrected chi connectivity index (χ0v) is 21.6. The molecule has 0 saturated carbocycles. The monoisotopic (exact) mass is 483 g/mol. The SMILES string of the molecule is C=CCn1c(=O)c2cnc(Nc3ccc4c(c3)CC(N(C)C)C4)nc2n1-c1cccc(C(C)(C)C)n1. The summed E-state index contributed by atoms with van der Waals surface area (Å²) in [4.78, 5) is 29.6. The van der Waals surface area contributed by atoms with Crippen LogP contribution in [0.3, 0.4) is 0 Å². The number of benzene rings is 1. The van der Waals surface area contributed by atoms with E-state index < -0.39 is 0 Å². The third-order valence-corrected chi connectivity index (χ3v) is 6.80. The summed E-state index contributed by atoms with van der Waals surface area (Å²) in [6, 6.07) is 12.8. The van der Waals surface area contributed by atoms with Gasteiger partial charge in [0.2, 0.25) is 5.95 Å². The predicted molar refractivity (Wildman–Crippen MR) is 144 cm³/mol. The van der Waals surface area contributed by atoms with Crippen LogP contribution in [0.2, 0.25) is 0 Å². The minimum atomic E-state index is -0.174. The molecule has 0 radical (unpaired) electrons. The van der Waals surface area contributed by atoms with Crippen LogP contribution in [0, 0.1) is 0 Å². The molecule has 36 heavy (non-hydrogen) atoms. The second-order valence-corrected chi connectivity index (χ2v) is 10.7. The number of nitrogens with zero attached hydrogens (tertiary/aromatic N) is 6. The Morgan fingerprint density at radius 2 is 1.92 bits per heavy atom. The first kappa shape index (κ1) is 23.9. The average Bonchev–Trinajstić information content (AvgIpc) is 3.38. The number of rotatable bonds is 6. The van der Waals surface area contributed by atoms with Crippen molar-refractivity contribution in [2.24, 2.45) is 0 Å². The summed E-state index contributed by atoms with van der Waals surface area (Å²) in [5.74, 6) is 1.06. The van der Waals surface area contributed by atoms with Gasteiger partial charge in [-0.25, -0.2) is 19.3 Å². The van der Waals surface area contributed by atoms with Crippen LogP contribution in [0.25, 0.3) is 16.9 Å².